The third-order valence-electron chi connectivity index (χ3n) is 7.35. The molecule has 5 rings (SSSR count). The quantitative estimate of drug-likeness (QED) is 0.153. The Balaban J connectivity index is 0.000000302. The van der Waals surface area contributed by atoms with Crippen LogP contribution in [0.2, 0.25) is 0 Å². The molecule has 48 heavy (non-hydrogen) atoms. The van der Waals surface area contributed by atoms with E-state index >= 15 is 0 Å². The van der Waals surface area contributed by atoms with Gasteiger partial charge in [-0.3, -0.25) is 28.9 Å². The van der Waals surface area contributed by atoms with E-state index < -0.39 is 0 Å². The second-order valence-corrected chi connectivity index (χ2v) is 11.9. The van der Waals surface area contributed by atoms with E-state index in [1.165, 1.54) is 34.6 Å². The fourth-order valence-electron chi connectivity index (χ4n) is 4.65. The molecule has 0 aliphatic carbocycles. The van der Waals surface area contributed by atoms with Gasteiger partial charge in [-0.1, -0.05) is 0 Å². The van der Waals surface area contributed by atoms with Crippen molar-refractivity contribution in [2.75, 3.05) is 98.3 Å². The topological polar surface area (TPSA) is 195 Å². The number of nitrogens with one attached hydrogen (secondary N) is 5. The Labute approximate surface area is 285 Å². The van der Waals surface area contributed by atoms with E-state index in [4.69, 9.17) is 23.7 Å². The fourth-order valence-corrected chi connectivity index (χ4v) is 4.65. The largest absolute Gasteiger partial charge is 0.465 e. The minimum atomic E-state index is -0.190. The van der Waals surface area contributed by atoms with Gasteiger partial charge in [0.05, 0.1) is 6.61 Å². The fraction of sp³-hybridized carbons (Fsp3) is 0.844. The van der Waals surface area contributed by atoms with Crippen molar-refractivity contribution >= 4 is 29.8 Å². The second-order valence-electron chi connectivity index (χ2n) is 11.9. The SMILES string of the molecule is CC(=O)OC1CCNC1.CC(=O)OC1CCNCC1.CC(=O)OC1CNC1.CC(=O)OCC1CNC1.CC(=O)OCCN1CCNCC1. The Morgan fingerprint density at radius 1 is 0.521 bits per heavy atom. The molecule has 5 saturated heterocycles. The second kappa shape index (κ2) is 27.0. The third-order valence-corrected chi connectivity index (χ3v) is 7.35. The number of esters is 5. The molecular weight excluding hydrogens is 628 g/mol. The molecule has 0 bridgehead atoms. The summed E-state index contributed by atoms with van der Waals surface area (Å²) >= 11 is 0. The lowest BCUT2D eigenvalue weighted by Crippen LogP contribution is -2.49. The summed E-state index contributed by atoms with van der Waals surface area (Å²) in [6.07, 6.45) is 3.31. The van der Waals surface area contributed by atoms with Crippen LogP contribution in [0.15, 0.2) is 0 Å². The van der Waals surface area contributed by atoms with Crippen molar-refractivity contribution in [2.24, 2.45) is 5.92 Å². The zero-order chi connectivity index (χ0) is 35.6. The first-order chi connectivity index (χ1) is 22.9. The van der Waals surface area contributed by atoms with Gasteiger partial charge in [-0.15, -0.1) is 0 Å². The van der Waals surface area contributed by atoms with Crippen molar-refractivity contribution in [3.63, 3.8) is 0 Å². The predicted octanol–water partition coefficient (Wildman–Crippen LogP) is -1.04. The first-order valence-electron chi connectivity index (χ1n) is 17.0. The molecule has 5 heterocycles. The smallest absolute Gasteiger partial charge is 0.302 e. The summed E-state index contributed by atoms with van der Waals surface area (Å²) in [5.74, 6) is -0.326. The Morgan fingerprint density at radius 2 is 0.979 bits per heavy atom. The Kier molecular flexibility index (Phi) is 24.3. The van der Waals surface area contributed by atoms with Gasteiger partial charge in [-0.2, -0.15) is 0 Å². The molecule has 5 aliphatic heterocycles. The Morgan fingerprint density at radius 3 is 1.40 bits per heavy atom. The van der Waals surface area contributed by atoms with Gasteiger partial charge in [0.1, 0.15) is 24.9 Å². The van der Waals surface area contributed by atoms with Crippen LogP contribution in [0.25, 0.3) is 0 Å². The lowest BCUT2D eigenvalue weighted by molar-refractivity contribution is -0.149. The number of nitrogens with zero attached hydrogens (tertiary/aromatic N) is 1. The molecule has 5 fully saturated rings. The predicted molar refractivity (Wildman–Crippen MR) is 178 cm³/mol. The van der Waals surface area contributed by atoms with E-state index in [1.807, 2.05) is 0 Å². The zero-order valence-electron chi connectivity index (χ0n) is 29.6. The van der Waals surface area contributed by atoms with E-state index in [1.54, 1.807) is 0 Å². The van der Waals surface area contributed by atoms with Crippen LogP contribution in [0.4, 0.5) is 0 Å². The molecule has 1 atom stereocenters. The van der Waals surface area contributed by atoms with Crippen molar-refractivity contribution in [1.82, 2.24) is 31.5 Å². The van der Waals surface area contributed by atoms with E-state index in [0.29, 0.717) is 19.1 Å². The maximum atomic E-state index is 10.5. The van der Waals surface area contributed by atoms with Crippen LogP contribution in [0.5, 0.6) is 0 Å². The van der Waals surface area contributed by atoms with E-state index in [9.17, 15) is 24.0 Å². The van der Waals surface area contributed by atoms with Gasteiger partial charge in [0.15, 0.2) is 0 Å². The van der Waals surface area contributed by atoms with Crippen LogP contribution < -0.4 is 26.6 Å². The monoisotopic (exact) mass is 688 g/mol. The van der Waals surface area contributed by atoms with Crippen molar-refractivity contribution < 1.29 is 47.7 Å². The molecule has 0 aromatic carbocycles. The summed E-state index contributed by atoms with van der Waals surface area (Å²) in [7, 11) is 0. The molecule has 0 amide bonds. The summed E-state index contributed by atoms with van der Waals surface area (Å²) in [5, 5.41) is 15.6. The van der Waals surface area contributed by atoms with E-state index in [-0.39, 0.29) is 48.2 Å². The van der Waals surface area contributed by atoms with Crippen molar-refractivity contribution in [3.8, 4) is 0 Å². The van der Waals surface area contributed by atoms with Crippen molar-refractivity contribution in [2.45, 2.75) is 72.2 Å². The van der Waals surface area contributed by atoms with Crippen molar-refractivity contribution in [3.05, 3.63) is 0 Å². The standard InChI is InChI=1S/C8H16N2O2.C7H13NO2.2C6H11NO2.C5H9NO2/c1-8(11)12-7-6-10-4-2-9-3-5-10;1-6(9)10-7-2-4-8-5-3-7;1-5(8)9-4-6-2-7-3-6;1-5(8)9-6-2-3-7-4-6;1-4(7)8-5-2-6-3-5/h9H,2-7H2,1H3;7-8H,2-5H2,1H3;2*6-7H,2-4H2,1H3;5-6H,2-3H2,1H3. The summed E-state index contributed by atoms with van der Waals surface area (Å²) in [4.78, 5) is 54.0. The number of carbonyl (C=O) groups is 5. The average molecular weight is 689 g/mol. The summed E-state index contributed by atoms with van der Waals surface area (Å²) in [6.45, 7) is 20.7. The molecular formula is C32H60N6O10. The summed E-state index contributed by atoms with van der Waals surface area (Å²) in [6, 6.07) is 0. The maximum Gasteiger partial charge on any atom is 0.302 e. The van der Waals surface area contributed by atoms with Crippen LogP contribution in [-0.2, 0) is 47.7 Å². The van der Waals surface area contributed by atoms with Crippen molar-refractivity contribution in [1.29, 1.82) is 0 Å². The summed E-state index contributed by atoms with van der Waals surface area (Å²) < 4.78 is 24.3. The highest BCUT2D eigenvalue weighted by Crippen LogP contribution is 2.06. The molecule has 0 aromatic heterocycles. The number of carbonyl (C=O) groups excluding carboxylic acids is 5. The zero-order valence-corrected chi connectivity index (χ0v) is 29.6. The number of piperazine rings is 1. The molecule has 278 valence electrons. The Bertz CT molecular complexity index is 917. The first-order valence-corrected chi connectivity index (χ1v) is 17.0. The molecule has 5 aliphatic rings. The van der Waals surface area contributed by atoms with Crippen LogP contribution >= 0.6 is 0 Å². The first kappa shape index (κ1) is 43.1. The van der Waals surface area contributed by atoms with Crippen LogP contribution in [0.1, 0.15) is 53.9 Å². The van der Waals surface area contributed by atoms with E-state index in [0.717, 1.165) is 104 Å². The van der Waals surface area contributed by atoms with E-state index in [2.05, 4.69) is 31.5 Å². The van der Waals surface area contributed by atoms with Gasteiger partial charge >= 0.3 is 29.8 Å². The minimum Gasteiger partial charge on any atom is -0.465 e. The lowest BCUT2D eigenvalue weighted by atomic mass is 10.1. The highest BCUT2D eigenvalue weighted by atomic mass is 16.6. The molecule has 1 unspecified atom stereocenters. The van der Waals surface area contributed by atoms with Gasteiger partial charge in [0.25, 0.3) is 0 Å². The average Bonchev–Trinajstić information content (AvgIpc) is 3.49. The van der Waals surface area contributed by atoms with Gasteiger partial charge in [0.2, 0.25) is 0 Å². The van der Waals surface area contributed by atoms with Gasteiger partial charge in [-0.05, 0) is 38.9 Å². The van der Waals surface area contributed by atoms with Gasteiger partial charge < -0.3 is 50.3 Å². The van der Waals surface area contributed by atoms with Crippen LogP contribution in [0.3, 0.4) is 0 Å². The van der Waals surface area contributed by atoms with Crippen LogP contribution in [-0.4, -0.2) is 151 Å². The number of rotatable bonds is 8. The maximum absolute atomic E-state index is 10.5. The minimum absolute atomic E-state index is 0.127. The molecule has 5 N–H and O–H groups in total. The Hall–Kier alpha value is -2.89. The number of hydrogen-bond acceptors (Lipinski definition) is 16. The third kappa shape index (κ3) is 25.2. The van der Waals surface area contributed by atoms with Gasteiger partial charge in [0, 0.05) is 106 Å². The van der Waals surface area contributed by atoms with Gasteiger partial charge in [-0.25, -0.2) is 0 Å². The number of ether oxygens (including phenoxy) is 5. The van der Waals surface area contributed by atoms with Crippen LogP contribution in [0, 0.1) is 5.92 Å². The molecule has 16 nitrogen and oxygen atoms in total. The molecule has 0 aromatic rings. The number of piperidine rings is 1. The lowest BCUT2D eigenvalue weighted by Gasteiger charge is -2.26. The molecule has 0 spiro atoms. The number of hydrogen-bond donors (Lipinski definition) is 5. The highest BCUT2D eigenvalue weighted by Gasteiger charge is 2.19. The molecule has 0 radical (unpaired) electrons. The molecule has 16 heteroatoms. The molecule has 0 saturated carbocycles. The highest BCUT2D eigenvalue weighted by molar-refractivity contribution is 5.67. The normalized spacial score (nSPS) is 20.7. The summed E-state index contributed by atoms with van der Waals surface area (Å²) in [5.41, 5.74) is 0.